The molecule has 0 saturated carbocycles. The van der Waals surface area contributed by atoms with Gasteiger partial charge in [-0.15, -0.1) is 0 Å². The highest BCUT2D eigenvalue weighted by Crippen LogP contribution is 2.31. The van der Waals surface area contributed by atoms with Crippen LogP contribution in [0.1, 0.15) is 21.6 Å². The van der Waals surface area contributed by atoms with Crippen LogP contribution in [0.5, 0.6) is 0 Å². The van der Waals surface area contributed by atoms with Gasteiger partial charge in [-0.3, -0.25) is 15.1 Å². The van der Waals surface area contributed by atoms with E-state index in [2.05, 4.69) is 19.7 Å². The molecule has 0 unspecified atom stereocenters. The molecule has 0 bridgehead atoms. The number of pyridine rings is 1. The maximum atomic E-state index is 13.0. The van der Waals surface area contributed by atoms with Gasteiger partial charge in [-0.1, -0.05) is 12.1 Å². The van der Waals surface area contributed by atoms with E-state index in [1.54, 1.807) is 24.3 Å². The maximum absolute atomic E-state index is 13.0. The van der Waals surface area contributed by atoms with E-state index in [1.807, 2.05) is 6.07 Å². The third kappa shape index (κ3) is 3.52. The van der Waals surface area contributed by atoms with Gasteiger partial charge in [-0.05, 0) is 24.3 Å². The summed E-state index contributed by atoms with van der Waals surface area (Å²) < 4.78 is 42.9. The molecule has 10 heteroatoms. The molecule has 130 valence electrons. The molecule has 0 aliphatic rings. The zero-order chi connectivity index (χ0) is 18.7. The summed E-state index contributed by atoms with van der Waals surface area (Å²) in [5.74, 6) is -0.800. The molecule has 0 saturated heterocycles. The highest BCUT2D eigenvalue weighted by Gasteiger charge is 2.37. The SMILES string of the molecule is N#Cc1ccccc1-c1nsc(NC(=O)c2cccnc2C(F)(F)F)n1. The first kappa shape index (κ1) is 17.5. The molecule has 0 radical (unpaired) electrons. The minimum absolute atomic E-state index is 0.00900. The number of nitriles is 1. The molecule has 2 heterocycles. The Labute approximate surface area is 149 Å². The van der Waals surface area contributed by atoms with E-state index in [9.17, 15) is 18.0 Å². The number of rotatable bonds is 3. The molecule has 1 amide bonds. The number of carbonyl (C=O) groups excluding carboxylic acids is 1. The molecule has 1 N–H and O–H groups in total. The molecule has 0 aliphatic carbocycles. The minimum atomic E-state index is -4.76. The lowest BCUT2D eigenvalue weighted by molar-refractivity contribution is -0.141. The molecule has 3 rings (SSSR count). The fraction of sp³-hybridized carbons (Fsp3) is 0.0625. The van der Waals surface area contributed by atoms with E-state index in [-0.39, 0.29) is 11.0 Å². The highest BCUT2D eigenvalue weighted by atomic mass is 32.1. The van der Waals surface area contributed by atoms with Crippen molar-refractivity contribution in [3.63, 3.8) is 0 Å². The van der Waals surface area contributed by atoms with Crippen LogP contribution in [0, 0.1) is 11.3 Å². The zero-order valence-corrected chi connectivity index (χ0v) is 13.6. The van der Waals surface area contributed by atoms with Crippen LogP contribution in [-0.4, -0.2) is 20.2 Å². The van der Waals surface area contributed by atoms with Crippen molar-refractivity contribution in [1.29, 1.82) is 5.26 Å². The van der Waals surface area contributed by atoms with E-state index in [0.29, 0.717) is 11.1 Å². The largest absolute Gasteiger partial charge is 0.434 e. The van der Waals surface area contributed by atoms with Crippen LogP contribution in [0.3, 0.4) is 0 Å². The van der Waals surface area contributed by atoms with Gasteiger partial charge in [0.2, 0.25) is 5.13 Å². The van der Waals surface area contributed by atoms with Crippen molar-refractivity contribution in [2.75, 3.05) is 5.32 Å². The van der Waals surface area contributed by atoms with Crippen molar-refractivity contribution >= 4 is 22.6 Å². The summed E-state index contributed by atoms with van der Waals surface area (Å²) in [5.41, 5.74) is -1.09. The van der Waals surface area contributed by atoms with Crippen molar-refractivity contribution in [1.82, 2.24) is 14.3 Å². The lowest BCUT2D eigenvalue weighted by Crippen LogP contribution is -2.20. The van der Waals surface area contributed by atoms with Crippen LogP contribution in [0.15, 0.2) is 42.6 Å². The average molecular weight is 375 g/mol. The summed E-state index contributed by atoms with van der Waals surface area (Å²) in [4.78, 5) is 19.5. The zero-order valence-electron chi connectivity index (χ0n) is 12.8. The molecule has 0 aliphatic heterocycles. The first-order valence-corrected chi connectivity index (χ1v) is 7.84. The molecular formula is C16H8F3N5OS. The summed E-state index contributed by atoms with van der Waals surface area (Å²) >= 11 is 0.796. The van der Waals surface area contributed by atoms with E-state index < -0.39 is 23.3 Å². The summed E-state index contributed by atoms with van der Waals surface area (Å²) in [5, 5.41) is 11.4. The Kier molecular flexibility index (Phi) is 4.64. The second-order valence-corrected chi connectivity index (χ2v) is 5.68. The smallest absolute Gasteiger partial charge is 0.297 e. The summed E-state index contributed by atoms with van der Waals surface area (Å²) in [6, 6.07) is 10.8. The number of aromatic nitrogens is 3. The summed E-state index contributed by atoms with van der Waals surface area (Å²) in [7, 11) is 0. The number of alkyl halides is 3. The topological polar surface area (TPSA) is 91.6 Å². The average Bonchev–Trinajstić information content (AvgIpc) is 3.09. The Morgan fingerprint density at radius 1 is 1.19 bits per heavy atom. The number of hydrogen-bond acceptors (Lipinski definition) is 6. The van der Waals surface area contributed by atoms with E-state index >= 15 is 0 Å². The van der Waals surface area contributed by atoms with Crippen LogP contribution >= 0.6 is 11.5 Å². The number of nitrogens with zero attached hydrogens (tertiary/aromatic N) is 4. The third-order valence-corrected chi connectivity index (χ3v) is 3.89. The predicted octanol–water partition coefficient (Wildman–Crippen LogP) is 3.74. The molecule has 6 nitrogen and oxygen atoms in total. The minimum Gasteiger partial charge on any atom is -0.297 e. The van der Waals surface area contributed by atoms with Gasteiger partial charge in [0.15, 0.2) is 11.5 Å². The molecule has 1 aromatic carbocycles. The lowest BCUT2D eigenvalue weighted by atomic mass is 10.1. The highest BCUT2D eigenvalue weighted by molar-refractivity contribution is 7.10. The summed E-state index contributed by atoms with van der Waals surface area (Å²) in [6.45, 7) is 0. The van der Waals surface area contributed by atoms with Crippen molar-refractivity contribution in [3.05, 3.63) is 59.4 Å². The van der Waals surface area contributed by atoms with Gasteiger partial charge in [0, 0.05) is 23.3 Å². The van der Waals surface area contributed by atoms with Gasteiger partial charge in [-0.25, -0.2) is 0 Å². The number of nitrogens with one attached hydrogen (secondary N) is 1. The Morgan fingerprint density at radius 3 is 2.69 bits per heavy atom. The monoisotopic (exact) mass is 375 g/mol. The van der Waals surface area contributed by atoms with E-state index in [1.165, 1.54) is 6.07 Å². The Balaban J connectivity index is 1.87. The molecule has 0 spiro atoms. The van der Waals surface area contributed by atoms with Crippen molar-refractivity contribution in [3.8, 4) is 17.5 Å². The quantitative estimate of drug-likeness (QED) is 0.753. The van der Waals surface area contributed by atoms with Gasteiger partial charge in [0.1, 0.15) is 0 Å². The van der Waals surface area contributed by atoms with E-state index in [4.69, 9.17) is 5.26 Å². The number of carbonyl (C=O) groups is 1. The number of benzene rings is 1. The van der Waals surface area contributed by atoms with Crippen molar-refractivity contribution in [2.45, 2.75) is 6.18 Å². The fourth-order valence-corrected chi connectivity index (χ4v) is 2.72. The lowest BCUT2D eigenvalue weighted by Gasteiger charge is -2.10. The van der Waals surface area contributed by atoms with E-state index in [0.717, 1.165) is 23.8 Å². The van der Waals surface area contributed by atoms with Crippen LogP contribution in [0.25, 0.3) is 11.4 Å². The van der Waals surface area contributed by atoms with Crippen LogP contribution < -0.4 is 5.32 Å². The number of amides is 1. The fourth-order valence-electron chi connectivity index (χ4n) is 2.14. The molecule has 2 aromatic heterocycles. The molecular weight excluding hydrogens is 367 g/mol. The molecule has 0 fully saturated rings. The summed E-state index contributed by atoms with van der Waals surface area (Å²) in [6.07, 6.45) is -3.80. The third-order valence-electron chi connectivity index (χ3n) is 3.26. The Bertz CT molecular complexity index is 1010. The van der Waals surface area contributed by atoms with Crippen LogP contribution in [-0.2, 0) is 6.18 Å². The Morgan fingerprint density at radius 2 is 1.96 bits per heavy atom. The van der Waals surface area contributed by atoms with Crippen LogP contribution in [0.2, 0.25) is 0 Å². The first-order chi connectivity index (χ1) is 12.4. The number of anilines is 1. The molecule has 26 heavy (non-hydrogen) atoms. The normalized spacial score (nSPS) is 11.0. The molecule has 3 aromatic rings. The van der Waals surface area contributed by atoms with Gasteiger partial charge >= 0.3 is 6.18 Å². The van der Waals surface area contributed by atoms with Gasteiger partial charge in [0.05, 0.1) is 17.2 Å². The van der Waals surface area contributed by atoms with Gasteiger partial charge in [0.25, 0.3) is 5.91 Å². The number of hydrogen-bond donors (Lipinski definition) is 1. The van der Waals surface area contributed by atoms with Gasteiger partial charge < -0.3 is 0 Å². The second kappa shape index (κ2) is 6.89. The van der Waals surface area contributed by atoms with Crippen molar-refractivity contribution in [2.24, 2.45) is 0 Å². The second-order valence-electron chi connectivity index (χ2n) is 4.93. The maximum Gasteiger partial charge on any atom is 0.434 e. The molecule has 0 atom stereocenters. The predicted molar refractivity (Wildman–Crippen MR) is 87.3 cm³/mol. The van der Waals surface area contributed by atoms with Crippen molar-refractivity contribution < 1.29 is 18.0 Å². The number of halogens is 3. The standard InChI is InChI=1S/C16H8F3N5OS/c17-16(18,19)12-11(6-3-7-21-12)14(25)23-15-22-13(24-26-15)10-5-2-1-4-9(10)8-20/h1-7H,(H,22,23,24,25). The Hall–Kier alpha value is -3.32. The van der Waals surface area contributed by atoms with Gasteiger partial charge in [-0.2, -0.15) is 27.8 Å². The van der Waals surface area contributed by atoms with Crippen LogP contribution in [0.4, 0.5) is 18.3 Å². The first-order valence-electron chi connectivity index (χ1n) is 7.07.